The highest BCUT2D eigenvalue weighted by atomic mass is 16.1. The van der Waals surface area contributed by atoms with Gasteiger partial charge in [-0.1, -0.05) is 32.0 Å². The van der Waals surface area contributed by atoms with E-state index in [9.17, 15) is 4.79 Å². The lowest BCUT2D eigenvalue weighted by atomic mass is 10.1. The van der Waals surface area contributed by atoms with Gasteiger partial charge in [-0.3, -0.25) is 4.79 Å². The molecule has 0 saturated heterocycles. The van der Waals surface area contributed by atoms with Gasteiger partial charge in [0.2, 0.25) is 0 Å². The molecule has 1 aromatic heterocycles. The maximum Gasteiger partial charge on any atom is 0.272 e. The zero-order valence-corrected chi connectivity index (χ0v) is 8.66. The van der Waals surface area contributed by atoms with Crippen LogP contribution in [0.25, 0.3) is 10.8 Å². The van der Waals surface area contributed by atoms with Crippen molar-refractivity contribution in [3.8, 4) is 0 Å². The molecule has 0 atom stereocenters. The van der Waals surface area contributed by atoms with E-state index in [4.69, 9.17) is 0 Å². The van der Waals surface area contributed by atoms with Crippen LogP contribution in [0, 0.1) is 6.92 Å². The van der Waals surface area contributed by atoms with Gasteiger partial charge in [-0.25, -0.2) is 5.10 Å². The predicted molar refractivity (Wildman–Crippen MR) is 60.6 cm³/mol. The largest absolute Gasteiger partial charge is 0.272 e. The number of aromatic nitrogens is 2. The van der Waals surface area contributed by atoms with Gasteiger partial charge < -0.3 is 0 Å². The second-order valence-corrected chi connectivity index (χ2v) is 2.68. The van der Waals surface area contributed by atoms with Gasteiger partial charge in [-0.15, -0.1) is 0 Å². The van der Waals surface area contributed by atoms with Crippen LogP contribution in [0.5, 0.6) is 0 Å². The second kappa shape index (κ2) is 4.56. The molecule has 2 aromatic rings. The Kier molecular flexibility index (Phi) is 3.40. The highest BCUT2D eigenvalue weighted by molar-refractivity contribution is 5.82. The zero-order chi connectivity index (χ0) is 10.6. The highest BCUT2D eigenvalue weighted by Gasteiger charge is 1.99. The van der Waals surface area contributed by atoms with E-state index in [2.05, 4.69) is 10.2 Å². The molecule has 1 heterocycles. The quantitative estimate of drug-likeness (QED) is 0.697. The van der Waals surface area contributed by atoms with Crippen molar-refractivity contribution in [2.75, 3.05) is 0 Å². The average Bonchev–Trinajstić information content (AvgIpc) is 2.27. The Labute approximate surface area is 84.3 Å². The number of hydrogen-bond donors (Lipinski definition) is 1. The van der Waals surface area contributed by atoms with Crippen molar-refractivity contribution in [1.29, 1.82) is 0 Å². The summed E-state index contributed by atoms with van der Waals surface area (Å²) in [5, 5.41) is 7.92. The number of aryl methyl sites for hydroxylation is 1. The Morgan fingerprint density at radius 1 is 1.21 bits per heavy atom. The first-order valence-electron chi connectivity index (χ1n) is 4.73. The molecule has 0 saturated carbocycles. The lowest BCUT2D eigenvalue weighted by Gasteiger charge is -1.97. The van der Waals surface area contributed by atoms with Gasteiger partial charge in [0.05, 0.1) is 11.1 Å². The smallest absolute Gasteiger partial charge is 0.267 e. The molecule has 1 N–H and O–H groups in total. The predicted octanol–water partition coefficient (Wildman–Crippen LogP) is 2.50. The summed E-state index contributed by atoms with van der Waals surface area (Å²) in [7, 11) is 0. The summed E-state index contributed by atoms with van der Waals surface area (Å²) < 4.78 is 0. The van der Waals surface area contributed by atoms with Gasteiger partial charge in [0.25, 0.3) is 5.56 Å². The van der Waals surface area contributed by atoms with E-state index in [-0.39, 0.29) is 6.99 Å². The zero-order valence-electron chi connectivity index (χ0n) is 8.66. The number of hydrogen-bond acceptors (Lipinski definition) is 2. The van der Waals surface area contributed by atoms with Crippen LogP contribution in [0.15, 0.2) is 29.1 Å². The second-order valence-electron chi connectivity index (χ2n) is 2.68. The van der Waals surface area contributed by atoms with Crippen molar-refractivity contribution >= 4 is 10.8 Å². The molecule has 2 rings (SSSR count). The summed E-state index contributed by atoms with van der Waals surface area (Å²) in [5.74, 6) is 0. The average molecular weight is 192 g/mol. The minimum atomic E-state index is -0.129. The van der Waals surface area contributed by atoms with Crippen molar-refractivity contribution in [3.63, 3.8) is 0 Å². The van der Waals surface area contributed by atoms with Crippen molar-refractivity contribution in [1.82, 2.24) is 10.2 Å². The fraction of sp³-hybridized carbons (Fsp3) is 0.273. The SMILES string of the molecule is CC.Cc1n[nH]c(=O)c2ccccc12.[HH]. The first kappa shape index (κ1) is 10.4. The maximum atomic E-state index is 11.2. The molecule has 0 amide bonds. The van der Waals surface area contributed by atoms with Crippen LogP contribution in [-0.2, 0) is 0 Å². The number of aromatic amines is 1. The molecule has 1 aromatic carbocycles. The Morgan fingerprint density at radius 3 is 2.36 bits per heavy atom. The molecular weight excluding hydrogens is 176 g/mol. The third kappa shape index (κ3) is 1.82. The van der Waals surface area contributed by atoms with E-state index in [1.807, 2.05) is 39.0 Å². The summed E-state index contributed by atoms with van der Waals surface area (Å²) in [6.07, 6.45) is 0. The van der Waals surface area contributed by atoms with Crippen molar-refractivity contribution in [2.45, 2.75) is 20.8 Å². The molecule has 76 valence electrons. The van der Waals surface area contributed by atoms with Crippen molar-refractivity contribution < 1.29 is 1.43 Å². The molecule has 0 aliphatic heterocycles. The van der Waals surface area contributed by atoms with Gasteiger partial charge >= 0.3 is 0 Å². The third-order valence-electron chi connectivity index (χ3n) is 1.89. The molecule has 0 radical (unpaired) electrons. The van der Waals surface area contributed by atoms with E-state index < -0.39 is 0 Å². The number of rotatable bonds is 0. The topological polar surface area (TPSA) is 45.8 Å². The summed E-state index contributed by atoms with van der Waals surface area (Å²) in [4.78, 5) is 11.2. The summed E-state index contributed by atoms with van der Waals surface area (Å²) in [5.41, 5.74) is 0.724. The van der Waals surface area contributed by atoms with Gasteiger partial charge in [-0.05, 0) is 13.0 Å². The molecule has 0 unspecified atom stereocenters. The summed E-state index contributed by atoms with van der Waals surface area (Å²) in [6, 6.07) is 7.43. The lowest BCUT2D eigenvalue weighted by molar-refractivity contribution is 0.970. The van der Waals surface area contributed by atoms with E-state index in [0.717, 1.165) is 11.1 Å². The van der Waals surface area contributed by atoms with Crippen LogP contribution in [0.3, 0.4) is 0 Å². The Hall–Kier alpha value is -1.64. The van der Waals surface area contributed by atoms with Crippen molar-refractivity contribution in [3.05, 3.63) is 40.3 Å². The van der Waals surface area contributed by atoms with Crippen molar-refractivity contribution in [2.24, 2.45) is 0 Å². The fourth-order valence-electron chi connectivity index (χ4n) is 1.25. The van der Waals surface area contributed by atoms with Crippen LogP contribution in [0.4, 0.5) is 0 Å². The van der Waals surface area contributed by atoms with E-state index in [1.165, 1.54) is 0 Å². The fourth-order valence-corrected chi connectivity index (χ4v) is 1.25. The monoisotopic (exact) mass is 192 g/mol. The van der Waals surface area contributed by atoms with E-state index >= 15 is 0 Å². The first-order chi connectivity index (χ1) is 6.79. The Balaban J connectivity index is 0.000000617. The standard InChI is InChI=1S/C9H8N2O.C2H6.H2/c1-6-7-4-2-3-5-8(7)9(12)11-10-6;1-2;/h2-5H,1H3,(H,11,12);1-2H3;1H. The summed E-state index contributed by atoms with van der Waals surface area (Å²) in [6.45, 7) is 5.87. The van der Waals surface area contributed by atoms with Crippen LogP contribution in [0.2, 0.25) is 0 Å². The number of H-pyrrole nitrogens is 1. The van der Waals surface area contributed by atoms with Crippen LogP contribution < -0.4 is 5.56 Å². The minimum Gasteiger partial charge on any atom is -0.267 e. The highest BCUT2D eigenvalue weighted by Crippen LogP contribution is 2.09. The number of nitrogens with zero attached hydrogens (tertiary/aromatic N) is 1. The Bertz CT molecular complexity index is 479. The van der Waals surface area contributed by atoms with Crippen LogP contribution in [-0.4, -0.2) is 10.2 Å². The van der Waals surface area contributed by atoms with E-state index in [1.54, 1.807) is 6.07 Å². The van der Waals surface area contributed by atoms with Crippen LogP contribution in [0.1, 0.15) is 21.0 Å². The number of nitrogens with one attached hydrogen (secondary N) is 1. The molecule has 0 aliphatic carbocycles. The van der Waals surface area contributed by atoms with Crippen LogP contribution >= 0.6 is 0 Å². The summed E-state index contributed by atoms with van der Waals surface area (Å²) >= 11 is 0. The molecular formula is C11H16N2O. The molecule has 3 heteroatoms. The number of fused-ring (bicyclic) bond motifs is 1. The molecule has 0 spiro atoms. The van der Waals surface area contributed by atoms with Gasteiger partial charge in [0.1, 0.15) is 0 Å². The van der Waals surface area contributed by atoms with Gasteiger partial charge in [0, 0.05) is 6.81 Å². The first-order valence-corrected chi connectivity index (χ1v) is 4.73. The van der Waals surface area contributed by atoms with Gasteiger partial charge in [0.15, 0.2) is 0 Å². The lowest BCUT2D eigenvalue weighted by Crippen LogP contribution is -2.09. The molecule has 14 heavy (non-hydrogen) atoms. The maximum absolute atomic E-state index is 11.2. The normalized spacial score (nSPS) is 9.36. The molecule has 0 fully saturated rings. The minimum absolute atomic E-state index is 0. The molecule has 0 bridgehead atoms. The van der Waals surface area contributed by atoms with E-state index in [0.29, 0.717) is 5.39 Å². The Morgan fingerprint density at radius 2 is 1.79 bits per heavy atom. The third-order valence-corrected chi connectivity index (χ3v) is 1.89. The number of benzene rings is 1. The molecule has 3 nitrogen and oxygen atoms in total. The molecule has 0 aliphatic rings. The van der Waals surface area contributed by atoms with Gasteiger partial charge in [-0.2, -0.15) is 5.10 Å².